The number of rotatable bonds is 5. The predicted octanol–water partition coefficient (Wildman–Crippen LogP) is 1.79. The van der Waals surface area contributed by atoms with Crippen LogP contribution in [0.25, 0.3) is 0 Å². The minimum Gasteiger partial charge on any atom is -0.475 e. The highest BCUT2D eigenvalue weighted by Crippen LogP contribution is 2.23. The summed E-state index contributed by atoms with van der Waals surface area (Å²) in [7, 11) is 4.28. The molecule has 1 aromatic heterocycles. The van der Waals surface area contributed by atoms with E-state index in [1.165, 1.54) is 0 Å². The lowest BCUT2D eigenvalue weighted by Gasteiger charge is -2.37. The number of morpholine rings is 1. The smallest absolute Gasteiger partial charge is 0.475 e. The van der Waals surface area contributed by atoms with Crippen molar-refractivity contribution in [2.24, 2.45) is 0 Å². The topological polar surface area (TPSA) is 106 Å². The number of aliphatic carboxylic acids is 2. The number of alkyl halides is 6. The van der Waals surface area contributed by atoms with Crippen molar-refractivity contribution in [2.75, 3.05) is 53.4 Å². The molecular formula is C20H28F6N4O5. The number of carboxylic acids is 2. The number of pyridine rings is 1. The van der Waals surface area contributed by atoms with Crippen molar-refractivity contribution in [2.45, 2.75) is 31.0 Å². The van der Waals surface area contributed by atoms with E-state index >= 15 is 0 Å². The summed E-state index contributed by atoms with van der Waals surface area (Å²) in [5.41, 5.74) is 1.15. The standard InChI is InChI=1S/C16H26N4O.2C2HF3O2/c1-18(2)7-8-20-9-10-21-16-13-19(12-15(16)20)11-14-5-3-4-6-17-14;2*3-2(4,5)1(6)7/h3-6,15-16H,7-13H2,1-2H3;2*(H,6,7)/t15-,16+;;/m1../s1. The number of fused-ring (bicyclic) bond motifs is 1. The molecule has 2 N–H and O–H groups in total. The first kappa shape index (κ1) is 30.5. The summed E-state index contributed by atoms with van der Waals surface area (Å²) in [6.45, 7) is 7.23. The Labute approximate surface area is 197 Å². The van der Waals surface area contributed by atoms with E-state index in [2.05, 4.69) is 45.9 Å². The molecule has 1 aromatic rings. The molecule has 3 heterocycles. The van der Waals surface area contributed by atoms with Crippen LogP contribution in [-0.2, 0) is 20.9 Å². The second-order valence-electron chi connectivity index (χ2n) is 7.94. The van der Waals surface area contributed by atoms with E-state index in [0.29, 0.717) is 12.1 Å². The lowest BCUT2D eigenvalue weighted by Crippen LogP contribution is -2.52. The number of ether oxygens (including phenoxy) is 1. The van der Waals surface area contributed by atoms with Crippen LogP contribution >= 0.6 is 0 Å². The number of halogens is 6. The maximum Gasteiger partial charge on any atom is 0.490 e. The lowest BCUT2D eigenvalue weighted by molar-refractivity contribution is -0.193. The number of aromatic nitrogens is 1. The molecule has 2 saturated heterocycles. The summed E-state index contributed by atoms with van der Waals surface area (Å²) in [6.07, 6.45) is -7.93. The van der Waals surface area contributed by atoms with Crippen LogP contribution in [0.3, 0.4) is 0 Å². The number of carbonyl (C=O) groups is 2. The fraction of sp³-hybridized carbons (Fsp3) is 0.650. The fourth-order valence-corrected chi connectivity index (χ4v) is 3.29. The van der Waals surface area contributed by atoms with Crippen molar-refractivity contribution in [3.8, 4) is 0 Å². The zero-order chi connectivity index (χ0) is 26.8. The normalized spacial score (nSPS) is 20.8. The summed E-state index contributed by atoms with van der Waals surface area (Å²) >= 11 is 0. The summed E-state index contributed by atoms with van der Waals surface area (Å²) in [5.74, 6) is -5.51. The van der Waals surface area contributed by atoms with Crippen LogP contribution in [0.2, 0.25) is 0 Å². The average molecular weight is 518 g/mol. The summed E-state index contributed by atoms with van der Waals surface area (Å²) in [4.78, 5) is 29.6. The van der Waals surface area contributed by atoms with Crippen LogP contribution in [0, 0.1) is 0 Å². The van der Waals surface area contributed by atoms with Crippen LogP contribution in [0.4, 0.5) is 26.3 Å². The van der Waals surface area contributed by atoms with Gasteiger partial charge in [-0.3, -0.25) is 14.8 Å². The maximum atomic E-state index is 10.6. The van der Waals surface area contributed by atoms with Gasteiger partial charge in [-0.1, -0.05) is 6.07 Å². The van der Waals surface area contributed by atoms with Crippen molar-refractivity contribution >= 4 is 11.9 Å². The van der Waals surface area contributed by atoms with Gasteiger partial charge in [0.2, 0.25) is 0 Å². The van der Waals surface area contributed by atoms with Gasteiger partial charge in [-0.05, 0) is 26.2 Å². The molecule has 0 radical (unpaired) electrons. The summed E-state index contributed by atoms with van der Waals surface area (Å²) < 4.78 is 69.5. The third-order valence-corrected chi connectivity index (χ3v) is 4.92. The molecule has 2 aliphatic heterocycles. The first-order chi connectivity index (χ1) is 16.1. The van der Waals surface area contributed by atoms with Crippen LogP contribution in [0.15, 0.2) is 24.4 Å². The summed E-state index contributed by atoms with van der Waals surface area (Å²) in [5, 5.41) is 14.2. The number of hydrogen-bond acceptors (Lipinski definition) is 7. The molecule has 0 bridgehead atoms. The largest absolute Gasteiger partial charge is 0.490 e. The minimum absolute atomic E-state index is 0.365. The number of likely N-dealkylation sites (N-methyl/N-ethyl adjacent to an activating group) is 1. The van der Waals surface area contributed by atoms with Gasteiger partial charge in [0.05, 0.1) is 18.4 Å². The Morgan fingerprint density at radius 2 is 1.66 bits per heavy atom. The monoisotopic (exact) mass is 518 g/mol. The van der Waals surface area contributed by atoms with Crippen LogP contribution in [0.1, 0.15) is 5.69 Å². The molecule has 0 aromatic carbocycles. The van der Waals surface area contributed by atoms with E-state index in [9.17, 15) is 26.3 Å². The molecule has 3 rings (SSSR count). The molecule has 2 aliphatic rings. The predicted molar refractivity (Wildman–Crippen MR) is 111 cm³/mol. The molecule has 0 amide bonds. The number of carboxylic acid groups (broad SMARTS) is 2. The minimum atomic E-state index is -5.08. The van der Waals surface area contributed by atoms with Crippen molar-refractivity contribution < 1.29 is 50.9 Å². The van der Waals surface area contributed by atoms with E-state index in [1.807, 2.05) is 12.3 Å². The van der Waals surface area contributed by atoms with Gasteiger partial charge in [0.15, 0.2) is 0 Å². The molecule has 35 heavy (non-hydrogen) atoms. The third kappa shape index (κ3) is 11.7. The van der Waals surface area contributed by atoms with Gasteiger partial charge >= 0.3 is 24.3 Å². The van der Waals surface area contributed by atoms with E-state index in [0.717, 1.165) is 51.6 Å². The number of nitrogens with zero attached hydrogens (tertiary/aromatic N) is 4. The molecule has 15 heteroatoms. The van der Waals surface area contributed by atoms with Crippen molar-refractivity contribution in [1.82, 2.24) is 19.7 Å². The average Bonchev–Trinajstić information content (AvgIpc) is 3.15. The van der Waals surface area contributed by atoms with E-state index in [4.69, 9.17) is 24.5 Å². The van der Waals surface area contributed by atoms with Crippen LogP contribution in [-0.4, -0.2) is 120 Å². The molecule has 0 spiro atoms. The van der Waals surface area contributed by atoms with E-state index in [-0.39, 0.29) is 0 Å². The van der Waals surface area contributed by atoms with Crippen LogP contribution in [0.5, 0.6) is 0 Å². The molecule has 2 fully saturated rings. The van der Waals surface area contributed by atoms with Gasteiger partial charge < -0.3 is 19.8 Å². The lowest BCUT2D eigenvalue weighted by atomic mass is 10.1. The highest BCUT2D eigenvalue weighted by molar-refractivity contribution is 5.73. The van der Waals surface area contributed by atoms with Crippen molar-refractivity contribution in [3.63, 3.8) is 0 Å². The van der Waals surface area contributed by atoms with E-state index in [1.54, 1.807) is 0 Å². The highest BCUT2D eigenvalue weighted by Gasteiger charge is 2.40. The zero-order valence-electron chi connectivity index (χ0n) is 19.1. The Bertz CT molecular complexity index is 770. The first-order valence-electron chi connectivity index (χ1n) is 10.3. The SMILES string of the molecule is CN(C)CCN1CCO[C@H]2CN(Cc3ccccn3)C[C@H]21.O=C(O)C(F)(F)F.O=C(O)C(F)(F)F. The molecular weight excluding hydrogens is 490 g/mol. The second-order valence-corrected chi connectivity index (χ2v) is 7.94. The Kier molecular flexibility index (Phi) is 11.8. The molecule has 0 aliphatic carbocycles. The van der Waals surface area contributed by atoms with Gasteiger partial charge in [0.25, 0.3) is 0 Å². The maximum absolute atomic E-state index is 10.6. The molecule has 2 atom stereocenters. The highest BCUT2D eigenvalue weighted by atomic mass is 19.4. The Balaban J connectivity index is 0.000000362. The quantitative estimate of drug-likeness (QED) is 0.565. The van der Waals surface area contributed by atoms with Crippen molar-refractivity contribution in [3.05, 3.63) is 30.1 Å². The molecule has 0 unspecified atom stereocenters. The molecule has 0 saturated carbocycles. The summed E-state index contributed by atoms with van der Waals surface area (Å²) in [6, 6.07) is 6.68. The van der Waals surface area contributed by atoms with Gasteiger partial charge in [-0.2, -0.15) is 26.3 Å². The fourth-order valence-electron chi connectivity index (χ4n) is 3.29. The second kappa shape index (κ2) is 13.6. The van der Waals surface area contributed by atoms with Gasteiger partial charge in [0.1, 0.15) is 0 Å². The molecule has 200 valence electrons. The number of likely N-dealkylation sites (tertiary alicyclic amines) is 1. The first-order valence-corrected chi connectivity index (χ1v) is 10.3. The van der Waals surface area contributed by atoms with Gasteiger partial charge in [0, 0.05) is 51.5 Å². The van der Waals surface area contributed by atoms with Gasteiger partial charge in [-0.15, -0.1) is 0 Å². The molecule has 9 nitrogen and oxygen atoms in total. The van der Waals surface area contributed by atoms with E-state index < -0.39 is 24.3 Å². The zero-order valence-corrected chi connectivity index (χ0v) is 19.1. The van der Waals surface area contributed by atoms with Gasteiger partial charge in [-0.25, -0.2) is 9.59 Å². The van der Waals surface area contributed by atoms with Crippen LogP contribution < -0.4 is 0 Å². The Hall–Kier alpha value is -2.49. The Morgan fingerprint density at radius 1 is 1.09 bits per heavy atom. The number of hydrogen-bond donors (Lipinski definition) is 2. The Morgan fingerprint density at radius 3 is 2.11 bits per heavy atom. The third-order valence-electron chi connectivity index (χ3n) is 4.92. The van der Waals surface area contributed by atoms with Crippen molar-refractivity contribution in [1.29, 1.82) is 0 Å².